The smallest absolute Gasteiger partial charge is 0.0640 e. The van der Waals surface area contributed by atoms with Crippen LogP contribution in [0, 0.1) is 0 Å². The Morgan fingerprint density at radius 2 is 1.30 bits per heavy atom. The van der Waals surface area contributed by atoms with Gasteiger partial charge in [0, 0.05) is 54.2 Å². The highest BCUT2D eigenvalue weighted by Gasteiger charge is 2.22. The van der Waals surface area contributed by atoms with Gasteiger partial charge < -0.3 is 9.47 Å². The highest BCUT2D eigenvalue weighted by atomic mass is 32.1. The van der Waals surface area contributed by atoms with Crippen LogP contribution in [0.5, 0.6) is 0 Å². The minimum atomic E-state index is -0.0307. The minimum absolute atomic E-state index is 0.0307. The normalized spacial score (nSPS) is 12.0. The zero-order valence-electron chi connectivity index (χ0n) is 26.5. The standard InChI is InChI=1S/C43H36N2S/c1-5-13-29-14-10-16-32(26-29)44(40-22-12-20-36-35-19-7-9-23-41(35)46-42(36)40)33-17-11-15-30(27-33)31-24-25-39-37(28-31)34-18-6-8-21-38(34)45(39)43(2,3)4/h5-12,14-28H,1,13H2,2-4H3. The van der Waals surface area contributed by atoms with E-state index in [1.165, 1.54) is 64.4 Å². The first kappa shape index (κ1) is 28.4. The molecule has 0 saturated carbocycles. The Hall–Kier alpha value is -5.12. The van der Waals surface area contributed by atoms with Gasteiger partial charge in [-0.15, -0.1) is 17.9 Å². The fourth-order valence-corrected chi connectivity index (χ4v) is 8.23. The third kappa shape index (κ3) is 4.71. The molecule has 224 valence electrons. The summed E-state index contributed by atoms with van der Waals surface area (Å²) in [5, 5.41) is 5.18. The number of benzene rings is 6. The first-order chi connectivity index (χ1) is 22.4. The molecule has 0 amide bonds. The zero-order chi connectivity index (χ0) is 31.4. The summed E-state index contributed by atoms with van der Waals surface area (Å²) in [7, 11) is 0. The molecule has 2 heterocycles. The van der Waals surface area contributed by atoms with Crippen molar-refractivity contribution < 1.29 is 0 Å². The topological polar surface area (TPSA) is 8.17 Å². The van der Waals surface area contributed by atoms with E-state index in [9.17, 15) is 0 Å². The molecule has 6 aromatic carbocycles. The van der Waals surface area contributed by atoms with E-state index in [0.717, 1.165) is 17.8 Å². The van der Waals surface area contributed by atoms with Crippen molar-refractivity contribution in [3.05, 3.63) is 152 Å². The van der Waals surface area contributed by atoms with Crippen LogP contribution in [0.25, 0.3) is 53.1 Å². The second-order valence-corrected chi connectivity index (χ2v) is 14.1. The molecule has 0 bridgehead atoms. The predicted octanol–water partition coefficient (Wildman–Crippen LogP) is 12.8. The summed E-state index contributed by atoms with van der Waals surface area (Å²) in [5.74, 6) is 0. The lowest BCUT2D eigenvalue weighted by molar-refractivity contribution is 0.423. The Morgan fingerprint density at radius 1 is 0.630 bits per heavy atom. The summed E-state index contributed by atoms with van der Waals surface area (Å²) >= 11 is 1.87. The first-order valence-corrected chi connectivity index (χ1v) is 16.8. The van der Waals surface area contributed by atoms with Crippen LogP contribution in [0.4, 0.5) is 17.1 Å². The summed E-state index contributed by atoms with van der Waals surface area (Å²) in [6, 6.07) is 49.1. The average Bonchev–Trinajstić information content (AvgIpc) is 3.62. The van der Waals surface area contributed by atoms with Gasteiger partial charge in [0.05, 0.1) is 10.4 Å². The molecule has 0 aliphatic rings. The first-order valence-electron chi connectivity index (χ1n) is 15.9. The second-order valence-electron chi connectivity index (χ2n) is 13.1. The quantitative estimate of drug-likeness (QED) is 0.170. The van der Waals surface area contributed by atoms with Crippen LogP contribution in [-0.4, -0.2) is 4.57 Å². The van der Waals surface area contributed by atoms with Crippen molar-refractivity contribution in [1.29, 1.82) is 0 Å². The Labute approximate surface area is 274 Å². The molecule has 3 heteroatoms. The fourth-order valence-electron chi connectivity index (χ4n) is 7.02. The van der Waals surface area contributed by atoms with Gasteiger partial charge in [-0.05, 0) is 98.5 Å². The lowest BCUT2D eigenvalue weighted by Crippen LogP contribution is -2.21. The lowest BCUT2D eigenvalue weighted by Gasteiger charge is -2.27. The van der Waals surface area contributed by atoms with E-state index in [1.54, 1.807) is 0 Å². The Balaban J connectivity index is 1.33. The molecule has 8 rings (SSSR count). The number of aromatic nitrogens is 1. The number of allylic oxidation sites excluding steroid dienone is 1. The lowest BCUT2D eigenvalue weighted by atomic mass is 10.0. The predicted molar refractivity (Wildman–Crippen MR) is 201 cm³/mol. The van der Waals surface area contributed by atoms with Crippen LogP contribution in [0.1, 0.15) is 26.3 Å². The third-order valence-electron chi connectivity index (χ3n) is 8.95. The number of rotatable bonds is 6. The number of anilines is 3. The Kier molecular flexibility index (Phi) is 6.81. The molecule has 2 nitrogen and oxygen atoms in total. The number of hydrogen-bond acceptors (Lipinski definition) is 2. The molecule has 0 aliphatic heterocycles. The van der Waals surface area contributed by atoms with Crippen LogP contribution in [-0.2, 0) is 12.0 Å². The molecular formula is C43H36N2S. The summed E-state index contributed by atoms with van der Waals surface area (Å²) in [6.07, 6.45) is 2.81. The van der Waals surface area contributed by atoms with E-state index in [4.69, 9.17) is 0 Å². The van der Waals surface area contributed by atoms with Crippen LogP contribution in [0.2, 0.25) is 0 Å². The number of nitrogens with zero attached hydrogens (tertiary/aromatic N) is 2. The van der Waals surface area contributed by atoms with Crippen molar-refractivity contribution in [2.45, 2.75) is 32.7 Å². The molecule has 2 aromatic heterocycles. The van der Waals surface area contributed by atoms with Crippen LogP contribution in [0.15, 0.2) is 146 Å². The van der Waals surface area contributed by atoms with Gasteiger partial charge in [0.25, 0.3) is 0 Å². The number of para-hydroxylation sites is 1. The molecule has 46 heavy (non-hydrogen) atoms. The maximum atomic E-state index is 4.00. The van der Waals surface area contributed by atoms with Crippen molar-refractivity contribution in [3.63, 3.8) is 0 Å². The third-order valence-corrected chi connectivity index (χ3v) is 10.2. The SMILES string of the molecule is C=CCc1cccc(N(c2cccc(-c3ccc4c(c3)c3ccccc3n4C(C)(C)C)c2)c2cccc3c2sc2ccccc23)c1. The van der Waals surface area contributed by atoms with E-state index < -0.39 is 0 Å². The van der Waals surface area contributed by atoms with Gasteiger partial charge in [-0.1, -0.05) is 84.9 Å². The maximum absolute atomic E-state index is 4.00. The van der Waals surface area contributed by atoms with Gasteiger partial charge in [0.15, 0.2) is 0 Å². The van der Waals surface area contributed by atoms with Crippen LogP contribution in [0.3, 0.4) is 0 Å². The monoisotopic (exact) mass is 612 g/mol. The molecule has 0 saturated heterocycles. The van der Waals surface area contributed by atoms with Gasteiger partial charge >= 0.3 is 0 Å². The molecule has 0 spiro atoms. The van der Waals surface area contributed by atoms with Gasteiger partial charge in [0.2, 0.25) is 0 Å². The molecule has 0 fully saturated rings. The molecule has 0 aliphatic carbocycles. The highest BCUT2D eigenvalue weighted by Crippen LogP contribution is 2.45. The molecule has 0 N–H and O–H groups in total. The molecule has 8 aromatic rings. The Bertz CT molecular complexity index is 2420. The molecular weight excluding hydrogens is 577 g/mol. The van der Waals surface area contributed by atoms with Crippen molar-refractivity contribution >= 4 is 70.4 Å². The van der Waals surface area contributed by atoms with E-state index in [2.05, 4.69) is 170 Å². The van der Waals surface area contributed by atoms with Crippen molar-refractivity contribution in [2.24, 2.45) is 0 Å². The summed E-state index contributed by atoms with van der Waals surface area (Å²) in [4.78, 5) is 2.43. The van der Waals surface area contributed by atoms with E-state index >= 15 is 0 Å². The highest BCUT2D eigenvalue weighted by molar-refractivity contribution is 7.26. The van der Waals surface area contributed by atoms with Gasteiger partial charge in [0.1, 0.15) is 0 Å². The summed E-state index contributed by atoms with van der Waals surface area (Å²) in [5.41, 5.74) is 9.64. The second kappa shape index (κ2) is 11.0. The van der Waals surface area contributed by atoms with Gasteiger partial charge in [-0.2, -0.15) is 0 Å². The van der Waals surface area contributed by atoms with Crippen molar-refractivity contribution in [3.8, 4) is 11.1 Å². The minimum Gasteiger partial charge on any atom is -0.335 e. The Morgan fingerprint density at radius 3 is 2.13 bits per heavy atom. The van der Waals surface area contributed by atoms with Gasteiger partial charge in [-0.25, -0.2) is 0 Å². The van der Waals surface area contributed by atoms with E-state index in [-0.39, 0.29) is 5.54 Å². The summed E-state index contributed by atoms with van der Waals surface area (Å²) in [6.45, 7) is 10.9. The largest absolute Gasteiger partial charge is 0.335 e. The van der Waals surface area contributed by atoms with E-state index in [0.29, 0.717) is 0 Å². The molecule has 0 atom stereocenters. The fraction of sp³-hybridized carbons (Fsp3) is 0.116. The number of thiophene rings is 1. The maximum Gasteiger partial charge on any atom is 0.0640 e. The zero-order valence-corrected chi connectivity index (χ0v) is 27.3. The van der Waals surface area contributed by atoms with Crippen molar-refractivity contribution in [1.82, 2.24) is 4.57 Å². The van der Waals surface area contributed by atoms with Crippen LogP contribution >= 0.6 is 11.3 Å². The van der Waals surface area contributed by atoms with E-state index in [1.807, 2.05) is 17.4 Å². The molecule has 0 radical (unpaired) electrons. The summed E-state index contributed by atoms with van der Waals surface area (Å²) < 4.78 is 5.07. The van der Waals surface area contributed by atoms with Gasteiger partial charge in [-0.3, -0.25) is 0 Å². The average molecular weight is 613 g/mol. The van der Waals surface area contributed by atoms with Crippen molar-refractivity contribution in [2.75, 3.05) is 4.90 Å². The van der Waals surface area contributed by atoms with Crippen LogP contribution < -0.4 is 4.90 Å². The number of fused-ring (bicyclic) bond motifs is 6. The number of hydrogen-bond donors (Lipinski definition) is 0. The molecule has 0 unspecified atom stereocenters.